The van der Waals surface area contributed by atoms with Gasteiger partial charge in [0.15, 0.2) is 18.1 Å². The van der Waals surface area contributed by atoms with E-state index in [1.807, 2.05) is 38.3 Å². The molecular weight excluding hydrogens is 420 g/mol. The second kappa shape index (κ2) is 9.45. The van der Waals surface area contributed by atoms with Crippen LogP contribution >= 0.6 is 11.6 Å². The minimum atomic E-state index is -0.769. The van der Waals surface area contributed by atoms with Gasteiger partial charge in [0, 0.05) is 36.3 Å². The van der Waals surface area contributed by atoms with Crippen LogP contribution in [0.2, 0.25) is 5.02 Å². The fourth-order valence-electron chi connectivity index (χ4n) is 3.44. The van der Waals surface area contributed by atoms with Gasteiger partial charge in [-0.25, -0.2) is 14.5 Å². The number of ketones is 1. The van der Waals surface area contributed by atoms with Crippen molar-refractivity contribution in [3.63, 3.8) is 0 Å². The first-order valence-electron chi connectivity index (χ1n) is 9.79. The van der Waals surface area contributed by atoms with Crippen LogP contribution < -0.4 is 0 Å². The summed E-state index contributed by atoms with van der Waals surface area (Å²) in [4.78, 5) is 29.6. The monoisotopic (exact) mass is 444 g/mol. The Morgan fingerprint density at radius 2 is 1.84 bits per heavy atom. The number of hydrogen-bond acceptors (Lipinski definition) is 6. The summed E-state index contributed by atoms with van der Waals surface area (Å²) >= 11 is 6.16. The van der Waals surface area contributed by atoms with Gasteiger partial charge in [0.05, 0.1) is 17.3 Å². The number of methoxy groups -OCH3 is 1. The Morgan fingerprint density at radius 3 is 2.48 bits per heavy atom. The number of Topliss-reactive ketones (excluding diaryl/α,β-unsaturated/α-hetero) is 1. The van der Waals surface area contributed by atoms with Crippen molar-refractivity contribution >= 4 is 23.4 Å². The SMILES string of the molecule is COCCn1c(C)cc(C(=O)COC(=O)c2nc(-n3nc(C)cc3C)ccc2Cl)c1C. The zero-order valence-electron chi connectivity index (χ0n) is 18.2. The minimum absolute atomic E-state index is 0.0647. The zero-order valence-corrected chi connectivity index (χ0v) is 19.0. The number of nitrogens with zero attached hydrogens (tertiary/aromatic N) is 4. The Bertz CT molecular complexity index is 1130. The molecule has 0 aliphatic carbocycles. The van der Waals surface area contributed by atoms with Gasteiger partial charge in [-0.05, 0) is 52.0 Å². The number of esters is 1. The van der Waals surface area contributed by atoms with E-state index in [-0.39, 0.29) is 16.5 Å². The lowest BCUT2D eigenvalue weighted by molar-refractivity contribution is 0.0469. The van der Waals surface area contributed by atoms with E-state index in [1.54, 1.807) is 30.0 Å². The summed E-state index contributed by atoms with van der Waals surface area (Å²) in [6.07, 6.45) is 0. The Balaban J connectivity index is 1.75. The highest BCUT2D eigenvalue weighted by Gasteiger charge is 2.21. The lowest BCUT2D eigenvalue weighted by atomic mass is 10.1. The van der Waals surface area contributed by atoms with Crippen molar-refractivity contribution in [1.82, 2.24) is 19.3 Å². The molecule has 3 aromatic heterocycles. The Kier molecular flexibility index (Phi) is 6.92. The van der Waals surface area contributed by atoms with Crippen LogP contribution in [0.15, 0.2) is 24.3 Å². The number of rotatable bonds is 8. The Morgan fingerprint density at radius 1 is 1.10 bits per heavy atom. The third kappa shape index (κ3) is 4.86. The third-order valence-electron chi connectivity index (χ3n) is 4.98. The van der Waals surface area contributed by atoms with Gasteiger partial charge in [0.2, 0.25) is 5.78 Å². The lowest BCUT2D eigenvalue weighted by Crippen LogP contribution is -2.17. The highest BCUT2D eigenvalue weighted by Crippen LogP contribution is 2.20. The molecule has 3 rings (SSSR count). The molecule has 0 spiro atoms. The van der Waals surface area contributed by atoms with Crippen molar-refractivity contribution in [3.05, 3.63) is 63.3 Å². The molecular formula is C22H25ClN4O4. The predicted octanol–water partition coefficient (Wildman–Crippen LogP) is 3.64. The van der Waals surface area contributed by atoms with Gasteiger partial charge in [-0.1, -0.05) is 11.6 Å². The fraction of sp³-hybridized carbons (Fsp3) is 0.364. The summed E-state index contributed by atoms with van der Waals surface area (Å²) in [5, 5.41) is 4.50. The van der Waals surface area contributed by atoms with Crippen LogP contribution in [0.25, 0.3) is 5.82 Å². The predicted molar refractivity (Wildman–Crippen MR) is 116 cm³/mol. The number of hydrogen-bond donors (Lipinski definition) is 0. The van der Waals surface area contributed by atoms with Crippen molar-refractivity contribution in [2.24, 2.45) is 0 Å². The Labute approximate surface area is 185 Å². The number of carbonyl (C=O) groups is 2. The lowest BCUT2D eigenvalue weighted by Gasteiger charge is -2.10. The van der Waals surface area contributed by atoms with Crippen LogP contribution in [-0.2, 0) is 16.0 Å². The molecule has 164 valence electrons. The zero-order chi connectivity index (χ0) is 22.7. The van der Waals surface area contributed by atoms with Crippen LogP contribution in [0.5, 0.6) is 0 Å². The van der Waals surface area contributed by atoms with Gasteiger partial charge in [-0.2, -0.15) is 5.10 Å². The second-order valence-corrected chi connectivity index (χ2v) is 7.67. The van der Waals surface area contributed by atoms with E-state index >= 15 is 0 Å². The smallest absolute Gasteiger partial charge is 0.359 e. The fourth-order valence-corrected chi connectivity index (χ4v) is 3.62. The molecule has 0 atom stereocenters. The number of aryl methyl sites for hydroxylation is 3. The molecule has 8 nitrogen and oxygen atoms in total. The van der Waals surface area contributed by atoms with Crippen molar-refractivity contribution < 1.29 is 19.1 Å². The van der Waals surface area contributed by atoms with Gasteiger partial charge < -0.3 is 14.0 Å². The number of halogens is 1. The van der Waals surface area contributed by atoms with Crippen molar-refractivity contribution in [3.8, 4) is 5.82 Å². The molecule has 3 heterocycles. The quantitative estimate of drug-likeness (QED) is 0.389. The molecule has 0 unspecified atom stereocenters. The molecule has 0 radical (unpaired) electrons. The van der Waals surface area contributed by atoms with Crippen LogP contribution in [-0.4, -0.2) is 51.4 Å². The molecule has 9 heteroatoms. The number of carbonyl (C=O) groups excluding carboxylic acids is 2. The third-order valence-corrected chi connectivity index (χ3v) is 5.28. The van der Waals surface area contributed by atoms with Crippen molar-refractivity contribution in [1.29, 1.82) is 0 Å². The minimum Gasteiger partial charge on any atom is -0.453 e. The molecule has 0 saturated carbocycles. The largest absolute Gasteiger partial charge is 0.453 e. The van der Waals surface area contributed by atoms with Gasteiger partial charge in [0.25, 0.3) is 0 Å². The van der Waals surface area contributed by atoms with Crippen molar-refractivity contribution in [2.75, 3.05) is 20.3 Å². The molecule has 0 fully saturated rings. The van der Waals surface area contributed by atoms with Crippen LogP contribution in [0, 0.1) is 27.7 Å². The van der Waals surface area contributed by atoms with E-state index in [0.717, 1.165) is 22.8 Å². The maximum Gasteiger partial charge on any atom is 0.359 e. The number of aromatic nitrogens is 4. The maximum absolute atomic E-state index is 12.7. The summed E-state index contributed by atoms with van der Waals surface area (Å²) < 4.78 is 14.0. The standard InChI is InChI=1S/C22H25ClN4O4/c1-13-10-15(3)27(25-13)20-7-6-18(23)21(24-20)22(29)31-12-19(28)17-11-14(2)26(16(17)4)8-9-30-5/h6-7,10-11H,8-9,12H2,1-5H3. The molecule has 0 bridgehead atoms. The maximum atomic E-state index is 12.7. The van der Waals surface area contributed by atoms with E-state index in [4.69, 9.17) is 21.1 Å². The van der Waals surface area contributed by atoms with Gasteiger partial charge >= 0.3 is 5.97 Å². The molecule has 0 N–H and O–H groups in total. The highest BCUT2D eigenvalue weighted by atomic mass is 35.5. The summed E-state index contributed by atoms with van der Waals surface area (Å²) in [6, 6.07) is 6.91. The molecule has 0 aromatic carbocycles. The van der Waals surface area contributed by atoms with Crippen LogP contribution in [0.3, 0.4) is 0 Å². The summed E-state index contributed by atoms with van der Waals surface area (Å²) in [7, 11) is 1.63. The second-order valence-electron chi connectivity index (χ2n) is 7.27. The first-order chi connectivity index (χ1) is 14.7. The molecule has 0 aliphatic heterocycles. The van der Waals surface area contributed by atoms with Crippen LogP contribution in [0.4, 0.5) is 0 Å². The molecule has 31 heavy (non-hydrogen) atoms. The summed E-state index contributed by atoms with van der Waals surface area (Å²) in [6.45, 7) is 8.29. The van der Waals surface area contributed by atoms with E-state index < -0.39 is 12.6 Å². The van der Waals surface area contributed by atoms with Crippen LogP contribution in [0.1, 0.15) is 43.6 Å². The van der Waals surface area contributed by atoms with E-state index in [0.29, 0.717) is 24.5 Å². The molecule has 0 amide bonds. The summed E-state index contributed by atoms with van der Waals surface area (Å²) in [5.41, 5.74) is 3.88. The first kappa shape index (κ1) is 22.7. The number of ether oxygens (including phenoxy) is 2. The molecule has 3 aromatic rings. The highest BCUT2D eigenvalue weighted by molar-refractivity contribution is 6.33. The van der Waals surface area contributed by atoms with E-state index in [9.17, 15) is 9.59 Å². The van der Waals surface area contributed by atoms with Gasteiger partial charge in [0.1, 0.15) is 0 Å². The first-order valence-corrected chi connectivity index (χ1v) is 10.2. The van der Waals surface area contributed by atoms with E-state index in [2.05, 4.69) is 10.1 Å². The normalized spacial score (nSPS) is 11.0. The Hall–Kier alpha value is -2.97. The summed E-state index contributed by atoms with van der Waals surface area (Å²) in [5.74, 6) is -0.624. The van der Waals surface area contributed by atoms with Gasteiger partial charge in [-0.15, -0.1) is 0 Å². The topological polar surface area (TPSA) is 88.2 Å². The molecule has 0 saturated heterocycles. The molecule has 0 aliphatic rings. The average molecular weight is 445 g/mol. The van der Waals surface area contributed by atoms with E-state index in [1.165, 1.54) is 0 Å². The van der Waals surface area contributed by atoms with Gasteiger partial charge in [-0.3, -0.25) is 4.79 Å². The average Bonchev–Trinajstić information content (AvgIpc) is 3.22. The number of pyridine rings is 1. The van der Waals surface area contributed by atoms with Crippen molar-refractivity contribution in [2.45, 2.75) is 34.2 Å².